The number of pyridine rings is 1. The Morgan fingerprint density at radius 1 is 1.50 bits per heavy atom. The minimum atomic E-state index is -0.177. The van der Waals surface area contributed by atoms with E-state index >= 15 is 0 Å². The van der Waals surface area contributed by atoms with Crippen molar-refractivity contribution in [2.75, 3.05) is 13.6 Å². The molecule has 0 saturated carbocycles. The van der Waals surface area contributed by atoms with Gasteiger partial charge in [-0.1, -0.05) is 0 Å². The summed E-state index contributed by atoms with van der Waals surface area (Å²) < 4.78 is 0. The third kappa shape index (κ3) is 3.14. The minimum absolute atomic E-state index is 0.0862. The zero-order chi connectivity index (χ0) is 10.4. The van der Waals surface area contributed by atoms with E-state index in [1.54, 1.807) is 6.07 Å². The lowest BCUT2D eigenvalue weighted by Gasteiger charge is -1.98. The van der Waals surface area contributed by atoms with E-state index in [9.17, 15) is 9.59 Å². The fourth-order valence-corrected chi connectivity index (χ4v) is 1.20. The number of carbonyl (C=O) groups excluding carboxylic acids is 1. The molecule has 0 radical (unpaired) electrons. The summed E-state index contributed by atoms with van der Waals surface area (Å²) in [5.74, 6) is 0.0862. The number of H-pyrrole nitrogens is 1. The Bertz CT molecular complexity index is 337. The van der Waals surface area contributed by atoms with Gasteiger partial charge in [0, 0.05) is 30.7 Å². The number of hydrogen-bond acceptors (Lipinski definition) is 2. The van der Waals surface area contributed by atoms with E-state index in [1.165, 1.54) is 12.3 Å². The lowest BCUT2D eigenvalue weighted by molar-refractivity contribution is -0.627. The Labute approximate surface area is 82.3 Å². The number of carbonyl (C=O) groups is 1. The maximum atomic E-state index is 11.5. The molecule has 0 spiro atoms. The molecular formula is C10H15N2O2+. The van der Waals surface area contributed by atoms with Crippen LogP contribution >= 0.6 is 0 Å². The zero-order valence-corrected chi connectivity index (χ0v) is 8.25. The Morgan fingerprint density at radius 3 is 2.86 bits per heavy atom. The maximum Gasteiger partial charge on any atom is 0.247 e. The molecule has 0 aromatic carbocycles. The molecule has 0 aliphatic rings. The topological polar surface area (TPSA) is 66.5 Å². The molecule has 76 valence electrons. The lowest BCUT2D eigenvalue weighted by atomic mass is 10.1. The van der Waals surface area contributed by atoms with Crippen LogP contribution in [0.4, 0.5) is 0 Å². The van der Waals surface area contributed by atoms with Crippen molar-refractivity contribution < 1.29 is 10.1 Å². The summed E-state index contributed by atoms with van der Waals surface area (Å²) in [6.45, 7) is 0.953. The predicted molar refractivity (Wildman–Crippen MR) is 53.3 cm³/mol. The van der Waals surface area contributed by atoms with Crippen molar-refractivity contribution in [2.24, 2.45) is 0 Å². The molecule has 1 heterocycles. The van der Waals surface area contributed by atoms with Crippen LogP contribution in [-0.4, -0.2) is 24.4 Å². The number of hydrogen-bond donors (Lipinski definition) is 2. The fourth-order valence-electron chi connectivity index (χ4n) is 1.20. The molecule has 0 atom stereocenters. The highest BCUT2D eigenvalue weighted by Crippen LogP contribution is 2.00. The molecule has 0 amide bonds. The summed E-state index contributed by atoms with van der Waals surface area (Å²) in [6.07, 6.45) is 2.88. The predicted octanol–water partition coefficient (Wildman–Crippen LogP) is -0.469. The van der Waals surface area contributed by atoms with Gasteiger partial charge >= 0.3 is 0 Å². The van der Waals surface area contributed by atoms with Crippen molar-refractivity contribution >= 4 is 5.78 Å². The molecule has 3 N–H and O–H groups in total. The van der Waals surface area contributed by atoms with Crippen LogP contribution < -0.4 is 10.9 Å². The average molecular weight is 195 g/mol. The number of nitrogens with two attached hydrogens (primary N) is 1. The van der Waals surface area contributed by atoms with Gasteiger partial charge in [-0.3, -0.25) is 9.59 Å². The summed E-state index contributed by atoms with van der Waals surface area (Å²) in [5.41, 5.74) is 0.407. The van der Waals surface area contributed by atoms with E-state index < -0.39 is 0 Å². The molecule has 4 heteroatoms. The Balaban J connectivity index is 2.52. The normalized spacial score (nSPS) is 10.1. The van der Waals surface area contributed by atoms with Crippen LogP contribution in [0.2, 0.25) is 0 Å². The van der Waals surface area contributed by atoms with Crippen molar-refractivity contribution in [1.29, 1.82) is 0 Å². The van der Waals surface area contributed by atoms with Gasteiger partial charge in [-0.25, -0.2) is 0 Å². The number of rotatable bonds is 5. The summed E-state index contributed by atoms with van der Waals surface area (Å²) >= 11 is 0. The van der Waals surface area contributed by atoms with Crippen LogP contribution in [0, 0.1) is 0 Å². The van der Waals surface area contributed by atoms with Gasteiger partial charge in [-0.15, -0.1) is 0 Å². The van der Waals surface area contributed by atoms with E-state index in [4.69, 9.17) is 0 Å². The van der Waals surface area contributed by atoms with Crippen molar-refractivity contribution in [1.82, 2.24) is 4.98 Å². The summed E-state index contributed by atoms with van der Waals surface area (Å²) in [6, 6.07) is 2.94. The van der Waals surface area contributed by atoms with Crippen molar-refractivity contribution in [3.05, 3.63) is 34.2 Å². The van der Waals surface area contributed by atoms with Crippen LogP contribution in [0.1, 0.15) is 23.2 Å². The van der Waals surface area contributed by atoms with E-state index in [2.05, 4.69) is 4.98 Å². The van der Waals surface area contributed by atoms with Crippen LogP contribution in [0.25, 0.3) is 0 Å². The Hall–Kier alpha value is -1.42. The first kappa shape index (κ1) is 10.7. The SMILES string of the molecule is C[NH2+]CCCC(=O)c1ccc(=O)[nH]c1. The summed E-state index contributed by atoms with van der Waals surface area (Å²) in [4.78, 5) is 24.7. The molecule has 0 aliphatic heterocycles. The Morgan fingerprint density at radius 2 is 2.29 bits per heavy atom. The lowest BCUT2D eigenvalue weighted by Crippen LogP contribution is -2.79. The number of aromatic nitrogens is 1. The number of quaternary nitrogens is 1. The zero-order valence-electron chi connectivity index (χ0n) is 8.25. The second-order valence-electron chi connectivity index (χ2n) is 3.17. The van der Waals surface area contributed by atoms with Gasteiger partial charge < -0.3 is 10.3 Å². The van der Waals surface area contributed by atoms with Crippen LogP contribution in [0.15, 0.2) is 23.1 Å². The smallest absolute Gasteiger partial charge is 0.247 e. The van der Waals surface area contributed by atoms with Crippen LogP contribution in [0.5, 0.6) is 0 Å². The maximum absolute atomic E-state index is 11.5. The highest BCUT2D eigenvalue weighted by atomic mass is 16.1. The van der Waals surface area contributed by atoms with E-state index in [0.717, 1.165) is 13.0 Å². The molecule has 0 fully saturated rings. The van der Waals surface area contributed by atoms with Crippen molar-refractivity contribution in [3.63, 3.8) is 0 Å². The first-order valence-corrected chi connectivity index (χ1v) is 4.74. The van der Waals surface area contributed by atoms with Gasteiger partial charge in [-0.05, 0) is 6.07 Å². The number of Topliss-reactive ketones (excluding diaryl/α,β-unsaturated/α-hetero) is 1. The number of aromatic amines is 1. The highest BCUT2D eigenvalue weighted by Gasteiger charge is 2.04. The second-order valence-corrected chi connectivity index (χ2v) is 3.17. The second kappa shape index (κ2) is 5.34. The Kier molecular flexibility index (Phi) is 4.07. The van der Waals surface area contributed by atoms with E-state index in [1.807, 2.05) is 12.4 Å². The number of ketones is 1. The van der Waals surface area contributed by atoms with Crippen LogP contribution in [0.3, 0.4) is 0 Å². The first-order valence-electron chi connectivity index (χ1n) is 4.74. The van der Waals surface area contributed by atoms with Crippen molar-refractivity contribution in [3.8, 4) is 0 Å². The third-order valence-electron chi connectivity index (χ3n) is 2.00. The molecule has 0 aliphatic carbocycles. The monoisotopic (exact) mass is 195 g/mol. The number of nitrogens with one attached hydrogen (secondary N) is 1. The standard InChI is InChI=1S/C10H14N2O2/c1-11-6-2-3-9(13)8-4-5-10(14)12-7-8/h4-5,7,11H,2-3,6H2,1H3,(H,12,14)/p+1. The van der Waals surface area contributed by atoms with Gasteiger partial charge in [-0.2, -0.15) is 0 Å². The first-order chi connectivity index (χ1) is 6.74. The molecule has 0 bridgehead atoms. The van der Waals surface area contributed by atoms with E-state index in [0.29, 0.717) is 12.0 Å². The van der Waals surface area contributed by atoms with Gasteiger partial charge in [0.1, 0.15) is 0 Å². The molecule has 4 nitrogen and oxygen atoms in total. The minimum Gasteiger partial charge on any atom is -0.349 e. The fraction of sp³-hybridized carbons (Fsp3) is 0.400. The highest BCUT2D eigenvalue weighted by molar-refractivity contribution is 5.95. The molecule has 0 saturated heterocycles. The van der Waals surface area contributed by atoms with Gasteiger partial charge in [0.05, 0.1) is 13.6 Å². The molecule has 14 heavy (non-hydrogen) atoms. The van der Waals surface area contributed by atoms with E-state index in [-0.39, 0.29) is 11.3 Å². The van der Waals surface area contributed by atoms with Gasteiger partial charge in [0.2, 0.25) is 5.56 Å². The molecular weight excluding hydrogens is 180 g/mol. The summed E-state index contributed by atoms with van der Waals surface area (Å²) in [7, 11) is 1.98. The van der Waals surface area contributed by atoms with Gasteiger partial charge in [0.15, 0.2) is 5.78 Å². The average Bonchev–Trinajstić information content (AvgIpc) is 2.19. The van der Waals surface area contributed by atoms with Crippen molar-refractivity contribution in [2.45, 2.75) is 12.8 Å². The summed E-state index contributed by atoms with van der Waals surface area (Å²) in [5, 5.41) is 2.04. The van der Waals surface area contributed by atoms with Gasteiger partial charge in [0.25, 0.3) is 0 Å². The third-order valence-corrected chi connectivity index (χ3v) is 2.00. The molecule has 1 aromatic rings. The van der Waals surface area contributed by atoms with Crippen LogP contribution in [-0.2, 0) is 0 Å². The molecule has 1 rings (SSSR count). The largest absolute Gasteiger partial charge is 0.349 e. The molecule has 1 aromatic heterocycles. The molecule has 0 unspecified atom stereocenters. The quantitative estimate of drug-likeness (QED) is 0.493.